The van der Waals surface area contributed by atoms with Crippen LogP contribution >= 0.6 is 23.2 Å². The predicted octanol–water partition coefficient (Wildman–Crippen LogP) is 4.23. The molecule has 0 spiro atoms. The van der Waals surface area contributed by atoms with Gasteiger partial charge < -0.3 is 20.1 Å². The maximum Gasteiger partial charge on any atom is 0.131 e. The van der Waals surface area contributed by atoms with Crippen molar-refractivity contribution in [1.82, 2.24) is 15.1 Å². The molecule has 30 heavy (non-hydrogen) atoms. The van der Waals surface area contributed by atoms with Crippen LogP contribution < -0.4 is 10.1 Å². The van der Waals surface area contributed by atoms with Crippen molar-refractivity contribution < 1.29 is 9.84 Å². The molecular formula is C23H27Cl2N3O2. The van der Waals surface area contributed by atoms with Crippen molar-refractivity contribution in [2.24, 2.45) is 0 Å². The van der Waals surface area contributed by atoms with Gasteiger partial charge in [0.15, 0.2) is 0 Å². The maximum absolute atomic E-state index is 10.2. The SMILES string of the molecule is COc1ccc(CN2CCC3=C(C2)NC(C)(CO)N3Cc2cc(Cl)ccc2Cl)cc1. The minimum Gasteiger partial charge on any atom is -0.497 e. The first-order valence-electron chi connectivity index (χ1n) is 10.1. The molecule has 2 aromatic rings. The van der Waals surface area contributed by atoms with Crippen LogP contribution in [0.3, 0.4) is 0 Å². The molecular weight excluding hydrogens is 421 g/mol. The summed E-state index contributed by atoms with van der Waals surface area (Å²) in [6, 6.07) is 13.7. The third-order valence-electron chi connectivity index (χ3n) is 5.95. The van der Waals surface area contributed by atoms with E-state index < -0.39 is 5.66 Å². The number of aliphatic hydroxyl groups is 1. The first-order valence-corrected chi connectivity index (χ1v) is 10.9. The molecule has 2 heterocycles. The summed E-state index contributed by atoms with van der Waals surface area (Å²) in [5, 5.41) is 15.1. The Balaban J connectivity index is 1.52. The van der Waals surface area contributed by atoms with Crippen LogP contribution in [0.2, 0.25) is 10.0 Å². The maximum atomic E-state index is 10.2. The van der Waals surface area contributed by atoms with Gasteiger partial charge in [-0.2, -0.15) is 0 Å². The lowest BCUT2D eigenvalue weighted by Crippen LogP contribution is -2.52. The molecule has 0 bridgehead atoms. The zero-order chi connectivity index (χ0) is 21.3. The molecule has 0 aliphatic carbocycles. The van der Waals surface area contributed by atoms with E-state index in [1.165, 1.54) is 17.0 Å². The fourth-order valence-electron chi connectivity index (χ4n) is 4.26. The molecule has 0 saturated carbocycles. The summed E-state index contributed by atoms with van der Waals surface area (Å²) < 4.78 is 5.25. The number of ether oxygens (including phenoxy) is 1. The number of nitrogens with zero attached hydrogens (tertiary/aromatic N) is 2. The molecule has 0 aromatic heterocycles. The van der Waals surface area contributed by atoms with Crippen molar-refractivity contribution in [3.63, 3.8) is 0 Å². The van der Waals surface area contributed by atoms with Crippen molar-refractivity contribution >= 4 is 23.2 Å². The van der Waals surface area contributed by atoms with Crippen LogP contribution in [-0.4, -0.2) is 47.4 Å². The number of hydrogen-bond donors (Lipinski definition) is 2. The van der Waals surface area contributed by atoms with Crippen LogP contribution in [0.4, 0.5) is 0 Å². The molecule has 2 aliphatic rings. The number of aliphatic hydroxyl groups excluding tert-OH is 1. The van der Waals surface area contributed by atoms with Crippen LogP contribution in [0.25, 0.3) is 0 Å². The van der Waals surface area contributed by atoms with E-state index in [9.17, 15) is 5.11 Å². The molecule has 1 atom stereocenters. The van der Waals surface area contributed by atoms with Gasteiger partial charge >= 0.3 is 0 Å². The Morgan fingerprint density at radius 1 is 1.13 bits per heavy atom. The second kappa shape index (κ2) is 8.67. The van der Waals surface area contributed by atoms with Crippen molar-refractivity contribution in [2.45, 2.75) is 32.1 Å². The van der Waals surface area contributed by atoms with Gasteiger partial charge in [0.25, 0.3) is 0 Å². The highest BCUT2D eigenvalue weighted by molar-refractivity contribution is 6.33. The van der Waals surface area contributed by atoms with Gasteiger partial charge in [-0.3, -0.25) is 4.90 Å². The van der Waals surface area contributed by atoms with Gasteiger partial charge in [0.05, 0.1) is 13.7 Å². The van der Waals surface area contributed by atoms with E-state index in [1.807, 2.05) is 31.2 Å². The molecule has 2 aromatic carbocycles. The standard InChI is InChI=1S/C23H27Cl2N3O2/c1-23(15-29)26-21-14-27(12-16-3-6-19(30-2)7-4-16)10-9-22(21)28(23)13-17-11-18(24)5-8-20(17)25/h3-8,11,26,29H,9-10,12-15H2,1-2H3. The Kier molecular flexibility index (Phi) is 6.16. The van der Waals surface area contributed by atoms with E-state index in [0.717, 1.165) is 37.4 Å². The van der Waals surface area contributed by atoms with Gasteiger partial charge in [-0.15, -0.1) is 0 Å². The zero-order valence-corrected chi connectivity index (χ0v) is 18.8. The van der Waals surface area contributed by atoms with E-state index in [0.29, 0.717) is 16.6 Å². The predicted molar refractivity (Wildman–Crippen MR) is 121 cm³/mol. The quantitative estimate of drug-likeness (QED) is 0.693. The van der Waals surface area contributed by atoms with E-state index in [4.69, 9.17) is 27.9 Å². The lowest BCUT2D eigenvalue weighted by Gasteiger charge is -2.38. The monoisotopic (exact) mass is 447 g/mol. The second-order valence-corrected chi connectivity index (χ2v) is 8.96. The van der Waals surface area contributed by atoms with E-state index in [1.54, 1.807) is 13.2 Å². The fourth-order valence-corrected chi connectivity index (χ4v) is 4.63. The van der Waals surface area contributed by atoms with E-state index >= 15 is 0 Å². The summed E-state index contributed by atoms with van der Waals surface area (Å²) >= 11 is 12.6. The Morgan fingerprint density at radius 3 is 2.60 bits per heavy atom. The molecule has 1 unspecified atom stereocenters. The summed E-state index contributed by atoms with van der Waals surface area (Å²) in [6.07, 6.45) is 0.909. The number of halogens is 2. The minimum atomic E-state index is -0.563. The van der Waals surface area contributed by atoms with Crippen LogP contribution in [0.1, 0.15) is 24.5 Å². The van der Waals surface area contributed by atoms with Crippen molar-refractivity contribution in [2.75, 3.05) is 26.8 Å². The highest BCUT2D eigenvalue weighted by Crippen LogP contribution is 2.36. The lowest BCUT2D eigenvalue weighted by molar-refractivity contribution is 0.0627. The average Bonchev–Trinajstić information content (AvgIpc) is 3.02. The number of hydrogen-bond acceptors (Lipinski definition) is 5. The molecule has 4 rings (SSSR count). The normalized spacial score (nSPS) is 21.6. The molecule has 7 heteroatoms. The molecule has 0 saturated heterocycles. The minimum absolute atomic E-state index is 0.00331. The molecule has 0 radical (unpaired) electrons. The Hall–Kier alpha value is -1.92. The Bertz CT molecular complexity index is 948. The molecule has 2 aliphatic heterocycles. The first kappa shape index (κ1) is 21.3. The van der Waals surface area contributed by atoms with Gasteiger partial charge in [0.2, 0.25) is 0 Å². The molecule has 160 valence electrons. The van der Waals surface area contributed by atoms with Crippen LogP contribution in [-0.2, 0) is 13.1 Å². The second-order valence-electron chi connectivity index (χ2n) is 8.11. The number of methoxy groups -OCH3 is 1. The van der Waals surface area contributed by atoms with Crippen LogP contribution in [0.5, 0.6) is 5.75 Å². The highest BCUT2D eigenvalue weighted by atomic mass is 35.5. The van der Waals surface area contributed by atoms with Crippen molar-refractivity contribution in [1.29, 1.82) is 0 Å². The summed E-state index contributed by atoms with van der Waals surface area (Å²) in [7, 11) is 1.68. The van der Waals surface area contributed by atoms with E-state index in [-0.39, 0.29) is 6.61 Å². The zero-order valence-electron chi connectivity index (χ0n) is 17.3. The Morgan fingerprint density at radius 2 is 1.90 bits per heavy atom. The topological polar surface area (TPSA) is 48.0 Å². The van der Waals surface area contributed by atoms with Gasteiger partial charge in [-0.25, -0.2) is 0 Å². The Labute approximate surface area is 187 Å². The number of nitrogens with one attached hydrogen (secondary N) is 1. The highest BCUT2D eigenvalue weighted by Gasteiger charge is 2.42. The molecule has 5 nitrogen and oxygen atoms in total. The van der Waals surface area contributed by atoms with Crippen molar-refractivity contribution in [3.8, 4) is 5.75 Å². The summed E-state index contributed by atoms with van der Waals surface area (Å²) in [6.45, 7) is 5.26. The smallest absolute Gasteiger partial charge is 0.131 e. The summed E-state index contributed by atoms with van der Waals surface area (Å²) in [5.74, 6) is 0.869. The van der Waals surface area contributed by atoms with Crippen LogP contribution in [0.15, 0.2) is 53.9 Å². The number of benzene rings is 2. The van der Waals surface area contributed by atoms with Gasteiger partial charge in [0.1, 0.15) is 11.4 Å². The first-order chi connectivity index (χ1) is 14.4. The third kappa shape index (κ3) is 4.26. The lowest BCUT2D eigenvalue weighted by atomic mass is 10.1. The van der Waals surface area contributed by atoms with Gasteiger partial charge in [0, 0.05) is 54.0 Å². The summed E-state index contributed by atoms with van der Waals surface area (Å²) in [5.41, 5.74) is 4.07. The molecule has 0 fully saturated rings. The fraction of sp³-hybridized carbons (Fsp3) is 0.391. The van der Waals surface area contributed by atoms with Crippen molar-refractivity contribution in [3.05, 3.63) is 75.0 Å². The van der Waals surface area contributed by atoms with Gasteiger partial charge in [-0.05, 0) is 48.4 Å². The molecule has 0 amide bonds. The summed E-state index contributed by atoms with van der Waals surface area (Å²) in [4.78, 5) is 4.66. The van der Waals surface area contributed by atoms with Gasteiger partial charge in [-0.1, -0.05) is 35.3 Å². The average molecular weight is 448 g/mol. The molecule has 2 N–H and O–H groups in total. The van der Waals surface area contributed by atoms with E-state index in [2.05, 4.69) is 27.2 Å². The largest absolute Gasteiger partial charge is 0.497 e. The van der Waals surface area contributed by atoms with Crippen LogP contribution in [0, 0.1) is 0 Å². The third-order valence-corrected chi connectivity index (χ3v) is 6.55. The number of rotatable bonds is 6.